The highest BCUT2D eigenvalue weighted by molar-refractivity contribution is 6.35. The SMILES string of the molecule is COc1cc(CNCC2CCNCC2)ccc1OCc1ccc(Cl)cc1Cl. The third-order valence-corrected chi connectivity index (χ3v) is 5.43. The molecular formula is C21H26Cl2N2O2. The Morgan fingerprint density at radius 3 is 2.63 bits per heavy atom. The molecule has 4 nitrogen and oxygen atoms in total. The first-order valence-corrected chi connectivity index (χ1v) is 10.1. The van der Waals surface area contributed by atoms with Gasteiger partial charge in [0.2, 0.25) is 0 Å². The molecule has 0 spiro atoms. The number of hydrogen-bond acceptors (Lipinski definition) is 4. The van der Waals surface area contributed by atoms with Crippen molar-refractivity contribution in [2.24, 2.45) is 5.92 Å². The van der Waals surface area contributed by atoms with Crippen molar-refractivity contribution in [3.05, 3.63) is 57.6 Å². The van der Waals surface area contributed by atoms with Crippen molar-refractivity contribution in [3.63, 3.8) is 0 Å². The van der Waals surface area contributed by atoms with Gasteiger partial charge in [-0.15, -0.1) is 0 Å². The van der Waals surface area contributed by atoms with Crippen molar-refractivity contribution in [1.82, 2.24) is 10.6 Å². The Balaban J connectivity index is 1.55. The molecule has 0 atom stereocenters. The van der Waals surface area contributed by atoms with E-state index < -0.39 is 0 Å². The maximum Gasteiger partial charge on any atom is 0.161 e. The van der Waals surface area contributed by atoms with Gasteiger partial charge in [0, 0.05) is 22.2 Å². The van der Waals surface area contributed by atoms with Crippen LogP contribution < -0.4 is 20.1 Å². The molecule has 1 aliphatic rings. The first-order valence-electron chi connectivity index (χ1n) is 9.31. The lowest BCUT2D eigenvalue weighted by Crippen LogP contribution is -2.33. The summed E-state index contributed by atoms with van der Waals surface area (Å²) in [6.45, 7) is 4.49. The summed E-state index contributed by atoms with van der Waals surface area (Å²) in [5, 5.41) is 8.17. The van der Waals surface area contributed by atoms with E-state index in [2.05, 4.69) is 16.7 Å². The van der Waals surface area contributed by atoms with E-state index in [1.165, 1.54) is 18.4 Å². The number of rotatable bonds is 8. The molecule has 6 heteroatoms. The maximum atomic E-state index is 6.21. The first kappa shape index (κ1) is 20.3. The van der Waals surface area contributed by atoms with E-state index in [1.807, 2.05) is 18.2 Å². The van der Waals surface area contributed by atoms with E-state index in [0.29, 0.717) is 22.4 Å². The summed E-state index contributed by atoms with van der Waals surface area (Å²) in [4.78, 5) is 0. The highest BCUT2D eigenvalue weighted by Gasteiger charge is 2.13. The second kappa shape index (κ2) is 10.2. The Labute approximate surface area is 171 Å². The summed E-state index contributed by atoms with van der Waals surface area (Å²) in [5.74, 6) is 2.19. The van der Waals surface area contributed by atoms with Gasteiger partial charge in [-0.2, -0.15) is 0 Å². The zero-order chi connectivity index (χ0) is 19.1. The van der Waals surface area contributed by atoms with Crippen LogP contribution in [0, 0.1) is 5.92 Å². The van der Waals surface area contributed by atoms with Crippen LogP contribution in [-0.2, 0) is 13.2 Å². The minimum atomic E-state index is 0.361. The van der Waals surface area contributed by atoms with Crippen LogP contribution in [0.4, 0.5) is 0 Å². The standard InChI is InChI=1S/C21H26Cl2N2O2/c1-26-21-10-16(13-25-12-15-6-8-24-9-7-15)2-5-20(21)27-14-17-3-4-18(22)11-19(17)23/h2-5,10-11,15,24-25H,6-9,12-14H2,1H3. The molecule has 1 saturated heterocycles. The number of methoxy groups -OCH3 is 1. The highest BCUT2D eigenvalue weighted by Crippen LogP contribution is 2.30. The molecule has 0 aromatic heterocycles. The summed E-state index contributed by atoms with van der Waals surface area (Å²) in [6.07, 6.45) is 2.49. The predicted octanol–water partition coefficient (Wildman–Crippen LogP) is 4.67. The topological polar surface area (TPSA) is 42.5 Å². The van der Waals surface area contributed by atoms with Crippen LogP contribution in [0.1, 0.15) is 24.0 Å². The molecule has 1 heterocycles. The van der Waals surface area contributed by atoms with Crippen LogP contribution in [0.5, 0.6) is 11.5 Å². The van der Waals surface area contributed by atoms with Crippen molar-refractivity contribution in [2.75, 3.05) is 26.7 Å². The molecule has 0 unspecified atom stereocenters. The van der Waals surface area contributed by atoms with Gasteiger partial charge in [-0.3, -0.25) is 0 Å². The normalized spacial score (nSPS) is 14.9. The largest absolute Gasteiger partial charge is 0.493 e. The molecule has 0 bridgehead atoms. The van der Waals surface area contributed by atoms with E-state index in [9.17, 15) is 0 Å². The fourth-order valence-electron chi connectivity index (χ4n) is 3.24. The van der Waals surface area contributed by atoms with Crippen LogP contribution in [0.2, 0.25) is 10.0 Å². The lowest BCUT2D eigenvalue weighted by molar-refractivity contribution is 0.284. The summed E-state index contributed by atoms with van der Waals surface area (Å²) >= 11 is 12.1. The number of piperidine rings is 1. The zero-order valence-corrected chi connectivity index (χ0v) is 17.1. The Kier molecular flexibility index (Phi) is 7.65. The fraction of sp³-hybridized carbons (Fsp3) is 0.429. The molecule has 0 amide bonds. The van der Waals surface area contributed by atoms with Gasteiger partial charge in [-0.05, 0) is 68.2 Å². The van der Waals surface area contributed by atoms with Gasteiger partial charge < -0.3 is 20.1 Å². The Hall–Kier alpha value is -1.46. The summed E-state index contributed by atoms with van der Waals surface area (Å²) < 4.78 is 11.4. The van der Waals surface area contributed by atoms with Crippen molar-refractivity contribution in [3.8, 4) is 11.5 Å². The average Bonchev–Trinajstić information content (AvgIpc) is 2.68. The van der Waals surface area contributed by atoms with Crippen LogP contribution >= 0.6 is 23.2 Å². The maximum absolute atomic E-state index is 6.21. The van der Waals surface area contributed by atoms with Crippen molar-refractivity contribution < 1.29 is 9.47 Å². The van der Waals surface area contributed by atoms with E-state index in [4.69, 9.17) is 32.7 Å². The monoisotopic (exact) mass is 408 g/mol. The Bertz CT molecular complexity index is 749. The smallest absolute Gasteiger partial charge is 0.161 e. The molecule has 1 aliphatic heterocycles. The Morgan fingerprint density at radius 1 is 1.07 bits per heavy atom. The van der Waals surface area contributed by atoms with Gasteiger partial charge >= 0.3 is 0 Å². The number of benzene rings is 2. The summed E-state index contributed by atoms with van der Waals surface area (Å²) in [5.41, 5.74) is 2.06. The summed E-state index contributed by atoms with van der Waals surface area (Å²) in [7, 11) is 1.66. The zero-order valence-electron chi connectivity index (χ0n) is 15.6. The molecule has 2 N–H and O–H groups in total. The predicted molar refractivity (Wildman–Crippen MR) is 111 cm³/mol. The highest BCUT2D eigenvalue weighted by atomic mass is 35.5. The second-order valence-electron chi connectivity index (χ2n) is 6.83. The van der Waals surface area contributed by atoms with Gasteiger partial charge in [0.05, 0.1) is 7.11 Å². The van der Waals surface area contributed by atoms with Crippen LogP contribution in [0.25, 0.3) is 0 Å². The van der Waals surface area contributed by atoms with Crippen molar-refractivity contribution >= 4 is 23.2 Å². The molecule has 0 saturated carbocycles. The van der Waals surface area contributed by atoms with Gasteiger partial charge in [0.15, 0.2) is 11.5 Å². The molecule has 0 radical (unpaired) electrons. The van der Waals surface area contributed by atoms with Crippen LogP contribution in [-0.4, -0.2) is 26.7 Å². The lowest BCUT2D eigenvalue weighted by atomic mass is 9.98. The molecule has 3 rings (SSSR count). The van der Waals surface area contributed by atoms with Gasteiger partial charge in [0.1, 0.15) is 6.61 Å². The molecule has 1 fully saturated rings. The average molecular weight is 409 g/mol. The third kappa shape index (κ3) is 6.01. The first-order chi connectivity index (χ1) is 13.2. The molecule has 27 heavy (non-hydrogen) atoms. The lowest BCUT2D eigenvalue weighted by Gasteiger charge is -2.23. The van der Waals surface area contributed by atoms with E-state index in [-0.39, 0.29) is 0 Å². The second-order valence-corrected chi connectivity index (χ2v) is 7.68. The molecular weight excluding hydrogens is 383 g/mol. The third-order valence-electron chi connectivity index (χ3n) is 4.85. The number of hydrogen-bond donors (Lipinski definition) is 2. The molecule has 2 aromatic carbocycles. The Morgan fingerprint density at radius 2 is 1.89 bits per heavy atom. The number of halogens is 2. The van der Waals surface area contributed by atoms with Gasteiger partial charge in [-0.1, -0.05) is 35.3 Å². The molecule has 0 aliphatic carbocycles. The van der Waals surface area contributed by atoms with Crippen LogP contribution in [0.3, 0.4) is 0 Å². The van der Waals surface area contributed by atoms with Crippen molar-refractivity contribution in [2.45, 2.75) is 26.0 Å². The number of ether oxygens (including phenoxy) is 2. The van der Waals surface area contributed by atoms with Gasteiger partial charge in [-0.25, -0.2) is 0 Å². The van der Waals surface area contributed by atoms with E-state index in [1.54, 1.807) is 19.2 Å². The molecule has 146 valence electrons. The van der Waals surface area contributed by atoms with Crippen LogP contribution in [0.15, 0.2) is 36.4 Å². The van der Waals surface area contributed by atoms with E-state index >= 15 is 0 Å². The van der Waals surface area contributed by atoms with Gasteiger partial charge in [0.25, 0.3) is 0 Å². The van der Waals surface area contributed by atoms with Crippen molar-refractivity contribution in [1.29, 1.82) is 0 Å². The quantitative estimate of drug-likeness (QED) is 0.665. The minimum absolute atomic E-state index is 0.361. The molecule has 2 aromatic rings. The minimum Gasteiger partial charge on any atom is -0.493 e. The van der Waals surface area contributed by atoms with E-state index in [0.717, 1.165) is 43.4 Å². The summed E-state index contributed by atoms with van der Waals surface area (Å²) in [6, 6.07) is 11.4. The number of nitrogens with one attached hydrogen (secondary N) is 2. The fourth-order valence-corrected chi connectivity index (χ4v) is 3.70.